The Kier molecular flexibility index (Phi) is 4.74. The first-order valence-electron chi connectivity index (χ1n) is 7.75. The molecule has 23 heavy (non-hydrogen) atoms. The lowest BCUT2D eigenvalue weighted by Crippen LogP contribution is -2.35. The third-order valence-corrected chi connectivity index (χ3v) is 3.88. The average molecular weight is 313 g/mol. The van der Waals surface area contributed by atoms with Gasteiger partial charge in [0.05, 0.1) is 12.9 Å². The van der Waals surface area contributed by atoms with Crippen molar-refractivity contribution in [3.63, 3.8) is 0 Å². The van der Waals surface area contributed by atoms with Crippen LogP contribution in [0.4, 0.5) is 5.95 Å². The highest BCUT2D eigenvalue weighted by atomic mass is 16.5. The first-order chi connectivity index (χ1) is 11.3. The molecule has 0 aromatic carbocycles. The maximum Gasteiger partial charge on any atom is 0.237 e. The summed E-state index contributed by atoms with van der Waals surface area (Å²) in [5.74, 6) is 0.734. The zero-order valence-corrected chi connectivity index (χ0v) is 12.8. The maximum absolute atomic E-state index is 9.43. The quantitative estimate of drug-likeness (QED) is 0.869. The molecule has 3 N–H and O–H groups in total. The third-order valence-electron chi connectivity index (χ3n) is 3.88. The van der Waals surface area contributed by atoms with Crippen molar-refractivity contribution < 1.29 is 9.15 Å². The van der Waals surface area contributed by atoms with Crippen LogP contribution < -0.4 is 15.8 Å². The molecule has 0 amide bonds. The van der Waals surface area contributed by atoms with Crippen molar-refractivity contribution in [1.29, 1.82) is 5.26 Å². The Labute approximate surface area is 134 Å². The van der Waals surface area contributed by atoms with Gasteiger partial charge in [-0.2, -0.15) is 10.2 Å². The van der Waals surface area contributed by atoms with Crippen LogP contribution in [0, 0.1) is 11.3 Å². The number of furan rings is 1. The molecule has 0 spiro atoms. The van der Waals surface area contributed by atoms with Crippen LogP contribution in [0.5, 0.6) is 5.88 Å². The van der Waals surface area contributed by atoms with Gasteiger partial charge in [-0.05, 0) is 37.9 Å². The molecule has 1 atom stereocenters. The normalized spacial score (nSPS) is 17.6. The van der Waals surface area contributed by atoms with E-state index < -0.39 is 0 Å². The second-order valence-electron chi connectivity index (χ2n) is 5.48. The molecule has 3 heterocycles. The molecule has 1 unspecified atom stereocenters. The topological polar surface area (TPSA) is 110 Å². The number of nitrogens with zero attached hydrogens (tertiary/aromatic N) is 3. The summed E-state index contributed by atoms with van der Waals surface area (Å²) < 4.78 is 11.0. The van der Waals surface area contributed by atoms with Crippen molar-refractivity contribution in [3.8, 4) is 23.4 Å². The van der Waals surface area contributed by atoms with Gasteiger partial charge < -0.3 is 20.2 Å². The molecule has 3 rings (SSSR count). The fraction of sp³-hybridized carbons (Fsp3) is 0.438. The van der Waals surface area contributed by atoms with Gasteiger partial charge in [-0.3, -0.25) is 0 Å². The summed E-state index contributed by atoms with van der Waals surface area (Å²) in [6.45, 7) is 1.53. The molecule has 1 saturated heterocycles. The van der Waals surface area contributed by atoms with E-state index in [0.717, 1.165) is 19.4 Å². The van der Waals surface area contributed by atoms with Crippen molar-refractivity contribution in [1.82, 2.24) is 15.3 Å². The fourth-order valence-corrected chi connectivity index (χ4v) is 2.72. The van der Waals surface area contributed by atoms with Gasteiger partial charge in [0.2, 0.25) is 11.8 Å². The molecule has 1 fully saturated rings. The molecular weight excluding hydrogens is 294 g/mol. The standard InChI is InChI=1S/C16H19N5O2/c17-10-12-14(13-5-3-8-22-13)20-16(18)21-15(12)23-9-6-11-4-1-2-7-19-11/h3,5,8,11,19H,1-2,4,6-7,9H2,(H2,18,20,21). The van der Waals surface area contributed by atoms with E-state index in [0.29, 0.717) is 24.1 Å². The van der Waals surface area contributed by atoms with E-state index in [1.165, 1.54) is 19.1 Å². The number of nitrogen functional groups attached to an aromatic ring is 1. The van der Waals surface area contributed by atoms with E-state index in [4.69, 9.17) is 14.9 Å². The molecule has 0 radical (unpaired) electrons. The highest BCUT2D eigenvalue weighted by Crippen LogP contribution is 2.28. The van der Waals surface area contributed by atoms with Crippen molar-refractivity contribution in [2.75, 3.05) is 18.9 Å². The van der Waals surface area contributed by atoms with Crippen LogP contribution in [0.3, 0.4) is 0 Å². The Morgan fingerprint density at radius 2 is 2.35 bits per heavy atom. The van der Waals surface area contributed by atoms with Gasteiger partial charge >= 0.3 is 0 Å². The van der Waals surface area contributed by atoms with Gasteiger partial charge in [0.15, 0.2) is 5.76 Å². The molecule has 7 heteroatoms. The Bertz CT molecular complexity index is 687. The van der Waals surface area contributed by atoms with Gasteiger partial charge in [0.25, 0.3) is 0 Å². The van der Waals surface area contributed by atoms with Gasteiger partial charge in [-0.15, -0.1) is 0 Å². The van der Waals surface area contributed by atoms with E-state index in [1.807, 2.05) is 0 Å². The highest BCUT2D eigenvalue weighted by molar-refractivity contribution is 5.65. The Hall–Kier alpha value is -2.59. The molecule has 2 aromatic rings. The van der Waals surface area contributed by atoms with Crippen LogP contribution in [0.1, 0.15) is 31.2 Å². The summed E-state index contributed by atoms with van der Waals surface area (Å²) >= 11 is 0. The Balaban J connectivity index is 1.74. The SMILES string of the molecule is N#Cc1c(OCCC2CCCCN2)nc(N)nc1-c1ccco1. The lowest BCUT2D eigenvalue weighted by Gasteiger charge is -2.23. The zero-order chi connectivity index (χ0) is 16.1. The van der Waals surface area contributed by atoms with Crippen LogP contribution >= 0.6 is 0 Å². The minimum Gasteiger partial charge on any atom is -0.477 e. The maximum atomic E-state index is 9.43. The zero-order valence-electron chi connectivity index (χ0n) is 12.8. The van der Waals surface area contributed by atoms with E-state index >= 15 is 0 Å². The number of aromatic nitrogens is 2. The molecule has 0 saturated carbocycles. The summed E-state index contributed by atoms with van der Waals surface area (Å²) in [6, 6.07) is 5.99. The van der Waals surface area contributed by atoms with Crippen molar-refractivity contribution in [2.24, 2.45) is 0 Å². The molecule has 120 valence electrons. The van der Waals surface area contributed by atoms with Crippen molar-refractivity contribution >= 4 is 5.95 Å². The number of ether oxygens (including phenoxy) is 1. The number of rotatable bonds is 5. The number of nitrogens with two attached hydrogens (primary N) is 1. The van der Waals surface area contributed by atoms with Gasteiger partial charge in [-0.1, -0.05) is 6.42 Å². The summed E-state index contributed by atoms with van der Waals surface area (Å²) in [5.41, 5.74) is 6.34. The summed E-state index contributed by atoms with van der Waals surface area (Å²) in [7, 11) is 0. The summed E-state index contributed by atoms with van der Waals surface area (Å²) in [5, 5.41) is 12.9. The Morgan fingerprint density at radius 1 is 1.43 bits per heavy atom. The molecule has 1 aliphatic heterocycles. The van der Waals surface area contributed by atoms with Crippen LogP contribution in [-0.2, 0) is 0 Å². The first kappa shape index (κ1) is 15.3. The first-order valence-corrected chi connectivity index (χ1v) is 7.75. The molecule has 0 aliphatic carbocycles. The summed E-state index contributed by atoms with van der Waals surface area (Å²) in [6.07, 6.45) is 6.00. The third kappa shape index (κ3) is 3.60. The predicted molar refractivity (Wildman–Crippen MR) is 84.6 cm³/mol. The largest absolute Gasteiger partial charge is 0.477 e. The predicted octanol–water partition coefficient (Wildman–Crippen LogP) is 2.10. The molecule has 1 aliphatic rings. The van der Waals surface area contributed by atoms with Gasteiger partial charge in [0, 0.05) is 6.04 Å². The molecule has 7 nitrogen and oxygen atoms in total. The average Bonchev–Trinajstić information content (AvgIpc) is 3.10. The molecule has 0 bridgehead atoms. The van der Waals surface area contributed by atoms with E-state index in [2.05, 4.69) is 21.4 Å². The van der Waals surface area contributed by atoms with Crippen LogP contribution in [0.25, 0.3) is 11.5 Å². The minimum absolute atomic E-state index is 0.0567. The van der Waals surface area contributed by atoms with Gasteiger partial charge in [0.1, 0.15) is 17.3 Å². The van der Waals surface area contributed by atoms with Crippen LogP contribution in [0.2, 0.25) is 0 Å². The monoisotopic (exact) mass is 313 g/mol. The lowest BCUT2D eigenvalue weighted by atomic mass is 10.0. The number of nitriles is 1. The van der Waals surface area contributed by atoms with Crippen LogP contribution in [0.15, 0.2) is 22.8 Å². The number of hydrogen-bond donors (Lipinski definition) is 2. The smallest absolute Gasteiger partial charge is 0.237 e. The number of nitrogens with one attached hydrogen (secondary N) is 1. The molecular formula is C16H19N5O2. The van der Waals surface area contributed by atoms with Gasteiger partial charge in [-0.25, -0.2) is 4.98 Å². The fourth-order valence-electron chi connectivity index (χ4n) is 2.72. The number of hydrogen-bond acceptors (Lipinski definition) is 7. The van der Waals surface area contributed by atoms with E-state index in [1.54, 1.807) is 12.1 Å². The second kappa shape index (κ2) is 7.11. The van der Waals surface area contributed by atoms with Crippen molar-refractivity contribution in [2.45, 2.75) is 31.7 Å². The second-order valence-corrected chi connectivity index (χ2v) is 5.48. The van der Waals surface area contributed by atoms with Crippen molar-refractivity contribution in [3.05, 3.63) is 24.0 Å². The summed E-state index contributed by atoms with van der Waals surface area (Å²) in [4.78, 5) is 8.16. The number of piperidine rings is 1. The number of anilines is 1. The highest BCUT2D eigenvalue weighted by Gasteiger charge is 2.19. The minimum atomic E-state index is 0.0567. The lowest BCUT2D eigenvalue weighted by molar-refractivity contribution is 0.260. The van der Waals surface area contributed by atoms with Crippen LogP contribution in [-0.4, -0.2) is 29.2 Å². The van der Waals surface area contributed by atoms with E-state index in [-0.39, 0.29) is 17.4 Å². The molecule has 2 aromatic heterocycles. The van der Waals surface area contributed by atoms with E-state index in [9.17, 15) is 5.26 Å². The Morgan fingerprint density at radius 3 is 3.04 bits per heavy atom.